The molecule has 6 bridgehead atoms. The zero-order valence-electron chi connectivity index (χ0n) is 40.1. The molecular weight excluding hydrogens is 835 g/mol. The minimum absolute atomic E-state index is 0.120. The van der Waals surface area contributed by atoms with Crippen molar-refractivity contribution in [1.82, 2.24) is 35.1 Å². The third kappa shape index (κ3) is 9.81. The fourth-order valence-electron chi connectivity index (χ4n) is 10.2. The highest BCUT2D eigenvalue weighted by Gasteiger charge is 2.42. The van der Waals surface area contributed by atoms with Crippen LogP contribution in [0.1, 0.15) is 84.2 Å². The average Bonchev–Trinajstić information content (AvgIpc) is 3.85. The molecule has 2 fully saturated rings. The van der Waals surface area contributed by atoms with Crippen LogP contribution in [0.25, 0.3) is 33.3 Å². The Kier molecular flexibility index (Phi) is 14.5. The van der Waals surface area contributed by atoms with Crippen LogP contribution in [0, 0.1) is 23.2 Å². The fraction of sp³-hybridized carbons (Fsp3) is 0.500. The number of amides is 4. The van der Waals surface area contributed by atoms with E-state index in [4.69, 9.17) is 14.5 Å². The van der Waals surface area contributed by atoms with E-state index < -0.39 is 47.2 Å². The molecule has 14 heteroatoms. The van der Waals surface area contributed by atoms with Gasteiger partial charge in [0.1, 0.15) is 18.1 Å². The van der Waals surface area contributed by atoms with Crippen LogP contribution in [0.2, 0.25) is 0 Å². The number of likely N-dealkylation sites (N-methyl/N-ethyl adjacent to an activating group) is 1. The molecule has 66 heavy (non-hydrogen) atoms. The number of carbonyl (C=O) groups is 5. The Balaban J connectivity index is 1.29. The molecule has 2 saturated heterocycles. The van der Waals surface area contributed by atoms with Crippen molar-refractivity contribution < 1.29 is 33.4 Å². The highest BCUT2D eigenvalue weighted by atomic mass is 16.5. The number of rotatable bonds is 10. The minimum Gasteiger partial charge on any atom is -0.464 e. The summed E-state index contributed by atoms with van der Waals surface area (Å²) in [6, 6.07) is 15.8. The van der Waals surface area contributed by atoms with Crippen LogP contribution < -0.4 is 10.7 Å². The number of ether oxygens (including phenoxy) is 2. The highest BCUT2D eigenvalue weighted by Crippen LogP contribution is 2.42. The Morgan fingerprint density at radius 2 is 1.83 bits per heavy atom. The fourth-order valence-corrected chi connectivity index (χ4v) is 10.2. The first-order valence-electron chi connectivity index (χ1n) is 23.4. The number of hydrogen-bond donors (Lipinski definition) is 2. The van der Waals surface area contributed by atoms with E-state index in [-0.39, 0.29) is 49.3 Å². The molecule has 7 rings (SSSR count). The number of hydrazine groups is 1. The Morgan fingerprint density at radius 3 is 2.55 bits per heavy atom. The van der Waals surface area contributed by atoms with Crippen molar-refractivity contribution in [2.75, 3.05) is 40.4 Å². The van der Waals surface area contributed by atoms with Gasteiger partial charge in [-0.05, 0) is 97.5 Å². The van der Waals surface area contributed by atoms with Gasteiger partial charge in [-0.15, -0.1) is 0 Å². The van der Waals surface area contributed by atoms with Crippen LogP contribution in [0.5, 0.6) is 0 Å². The molecule has 352 valence electrons. The van der Waals surface area contributed by atoms with E-state index in [0.717, 1.165) is 50.1 Å². The number of methoxy groups -OCH3 is 1. The summed E-state index contributed by atoms with van der Waals surface area (Å²) in [5, 5.41) is 5.59. The molecule has 4 aromatic rings. The number of benzene rings is 2. The maximum absolute atomic E-state index is 14.7. The molecule has 14 nitrogen and oxygen atoms in total. The van der Waals surface area contributed by atoms with Crippen molar-refractivity contribution in [2.24, 2.45) is 23.2 Å². The number of fused-ring (bicyclic) bond motifs is 6. The predicted octanol–water partition coefficient (Wildman–Crippen LogP) is 6.51. The summed E-state index contributed by atoms with van der Waals surface area (Å²) in [5.41, 5.74) is 10.5. The molecule has 0 spiro atoms. The summed E-state index contributed by atoms with van der Waals surface area (Å²) in [6.07, 6.45) is 4.54. The summed E-state index contributed by atoms with van der Waals surface area (Å²) in [5.74, 6) is -2.73. The van der Waals surface area contributed by atoms with E-state index in [1.165, 1.54) is 16.0 Å². The van der Waals surface area contributed by atoms with Gasteiger partial charge in [0.25, 0.3) is 5.91 Å². The van der Waals surface area contributed by atoms with Gasteiger partial charge in [-0.1, -0.05) is 71.5 Å². The van der Waals surface area contributed by atoms with Crippen molar-refractivity contribution in [3.05, 3.63) is 90.3 Å². The number of nitrogens with zero attached hydrogens (tertiary/aromatic N) is 5. The van der Waals surface area contributed by atoms with Gasteiger partial charge < -0.3 is 29.2 Å². The maximum Gasteiger partial charge on any atom is 0.324 e. The quantitative estimate of drug-likeness (QED) is 0.134. The monoisotopic (exact) mass is 902 g/mol. The van der Waals surface area contributed by atoms with Gasteiger partial charge in [-0.2, -0.15) is 0 Å². The summed E-state index contributed by atoms with van der Waals surface area (Å²) in [7, 11) is 3.31. The normalized spacial score (nSPS) is 22.1. The standard InChI is InChI=1S/C52H67N7O7/c1-11-44(60)57-28-32(5)40(29-57)49(62)56(9)46(31(3)4)48(61)54-42-25-34-16-13-17-35(24-34)36-20-21-43-38(26-36)39(47(58(43)12-2)37-18-14-22-53-45(37)33(6)65-10)27-52(7,8)30-66-51(64)41-19-15-23-59(55-41)50(42)63/h11,13-14,16-18,20-22,24,26,31-33,40-42,46,55H,1,12,15,19,23,25,27-30H2,2-10H3,(H,54,61)/t32-,33-,40-,41-,42-,46?/m0/s1. The number of cyclic esters (lactones) is 1. The summed E-state index contributed by atoms with van der Waals surface area (Å²) in [6.45, 7) is 19.4. The molecule has 3 aliphatic rings. The van der Waals surface area contributed by atoms with Crippen molar-refractivity contribution in [3.63, 3.8) is 0 Å². The van der Waals surface area contributed by atoms with Gasteiger partial charge in [0.05, 0.1) is 30.0 Å². The Bertz CT molecular complexity index is 2500. The average molecular weight is 902 g/mol. The number of hydrogen-bond acceptors (Lipinski definition) is 9. The first kappa shape index (κ1) is 48.1. The lowest BCUT2D eigenvalue weighted by atomic mass is 9.84. The van der Waals surface area contributed by atoms with Gasteiger partial charge in [-0.25, -0.2) is 5.43 Å². The van der Waals surface area contributed by atoms with Crippen LogP contribution in [0.15, 0.2) is 73.4 Å². The van der Waals surface area contributed by atoms with Gasteiger partial charge in [0.2, 0.25) is 17.7 Å². The lowest BCUT2D eigenvalue weighted by Gasteiger charge is -2.37. The van der Waals surface area contributed by atoms with Crippen LogP contribution in [0.3, 0.4) is 0 Å². The van der Waals surface area contributed by atoms with Crippen LogP contribution in [-0.2, 0) is 52.8 Å². The molecule has 5 heterocycles. The van der Waals surface area contributed by atoms with Gasteiger partial charge in [0.15, 0.2) is 0 Å². The second-order valence-electron chi connectivity index (χ2n) is 19.5. The first-order chi connectivity index (χ1) is 31.5. The third-order valence-corrected chi connectivity index (χ3v) is 13.7. The molecule has 3 aliphatic heterocycles. The number of aryl methyl sites for hydroxylation is 1. The summed E-state index contributed by atoms with van der Waals surface area (Å²) < 4.78 is 14.3. The molecule has 4 amide bonds. The van der Waals surface area contributed by atoms with Crippen molar-refractivity contribution in [1.29, 1.82) is 0 Å². The minimum atomic E-state index is -1.05. The SMILES string of the molecule is C=CC(=O)N1C[C@H](C(=O)N(C)C(C(=O)N[C@H]2Cc3cccc(c3)-c3ccc4c(c3)c(c(-c3cccnc3[C@H](C)OC)n4CC)CC(C)(C)COC(=O)[C@@H]3CCCN(N3)C2=O)C(C)C)[C@@H](C)C1. The maximum atomic E-state index is 14.7. The molecule has 2 aromatic heterocycles. The molecule has 0 radical (unpaired) electrons. The number of nitrogens with one attached hydrogen (secondary N) is 2. The molecular formula is C52H67N7O7. The second-order valence-corrected chi connectivity index (χ2v) is 19.5. The molecule has 2 aromatic carbocycles. The number of aromatic nitrogens is 2. The first-order valence-corrected chi connectivity index (χ1v) is 23.4. The molecule has 0 aliphatic carbocycles. The highest BCUT2D eigenvalue weighted by molar-refractivity contribution is 5.96. The number of carbonyl (C=O) groups excluding carboxylic acids is 5. The van der Waals surface area contributed by atoms with E-state index in [9.17, 15) is 24.0 Å². The van der Waals surface area contributed by atoms with E-state index >= 15 is 0 Å². The predicted molar refractivity (Wildman–Crippen MR) is 254 cm³/mol. The summed E-state index contributed by atoms with van der Waals surface area (Å²) >= 11 is 0. The molecule has 1 unspecified atom stereocenters. The molecule has 2 N–H and O–H groups in total. The second kappa shape index (κ2) is 19.9. The van der Waals surface area contributed by atoms with Crippen molar-refractivity contribution >= 4 is 40.5 Å². The van der Waals surface area contributed by atoms with E-state index in [1.807, 2.05) is 45.9 Å². The molecule has 0 saturated carbocycles. The van der Waals surface area contributed by atoms with Crippen LogP contribution in [-0.4, -0.2) is 112 Å². The van der Waals surface area contributed by atoms with Crippen molar-refractivity contribution in [3.8, 4) is 22.4 Å². The summed E-state index contributed by atoms with van der Waals surface area (Å²) in [4.78, 5) is 77.7. The number of esters is 1. The van der Waals surface area contributed by atoms with Gasteiger partial charge in [-0.3, -0.25) is 34.0 Å². The van der Waals surface area contributed by atoms with Gasteiger partial charge in [0, 0.05) is 74.8 Å². The van der Waals surface area contributed by atoms with E-state index in [2.05, 4.69) is 79.1 Å². The Labute approximate surface area is 389 Å². The number of likely N-dealkylation sites (tertiary alicyclic amines) is 1. The zero-order valence-corrected chi connectivity index (χ0v) is 40.1. The number of pyridine rings is 1. The Morgan fingerprint density at radius 1 is 1.08 bits per heavy atom. The largest absolute Gasteiger partial charge is 0.464 e. The van der Waals surface area contributed by atoms with Crippen LogP contribution >= 0.6 is 0 Å². The zero-order chi connectivity index (χ0) is 47.6. The van der Waals surface area contributed by atoms with E-state index in [0.29, 0.717) is 38.9 Å². The molecule has 6 atom stereocenters. The smallest absolute Gasteiger partial charge is 0.324 e. The topological polar surface area (TPSA) is 155 Å². The lowest BCUT2D eigenvalue weighted by molar-refractivity contribution is -0.155. The Hall–Kier alpha value is -5.86. The van der Waals surface area contributed by atoms with Gasteiger partial charge >= 0.3 is 5.97 Å². The van der Waals surface area contributed by atoms with E-state index in [1.54, 1.807) is 25.3 Å². The van der Waals surface area contributed by atoms with Crippen LogP contribution in [0.4, 0.5) is 0 Å². The van der Waals surface area contributed by atoms with Crippen molar-refractivity contribution in [2.45, 2.75) is 105 Å². The lowest BCUT2D eigenvalue weighted by Crippen LogP contribution is -2.62. The third-order valence-electron chi connectivity index (χ3n) is 13.7.